The second kappa shape index (κ2) is 7.04. The van der Waals surface area contributed by atoms with E-state index >= 15 is 0 Å². The van der Waals surface area contributed by atoms with E-state index in [9.17, 15) is 0 Å². The molecule has 1 unspecified atom stereocenters. The third-order valence-electron chi connectivity index (χ3n) is 3.94. The second-order valence-corrected chi connectivity index (χ2v) is 5.81. The molecule has 0 spiro atoms. The quantitative estimate of drug-likeness (QED) is 0.790. The summed E-state index contributed by atoms with van der Waals surface area (Å²) in [5, 5.41) is 7.15. The van der Waals surface area contributed by atoms with Gasteiger partial charge in [-0.05, 0) is 45.0 Å². The lowest BCUT2D eigenvalue weighted by Gasteiger charge is -2.31. The maximum atomic E-state index is 3.59. The Balaban J connectivity index is 1.69. The van der Waals surface area contributed by atoms with Gasteiger partial charge >= 0.3 is 0 Å². The van der Waals surface area contributed by atoms with Crippen LogP contribution >= 0.6 is 0 Å². The molecule has 1 aromatic carbocycles. The van der Waals surface area contributed by atoms with Gasteiger partial charge in [0.1, 0.15) is 0 Å². The zero-order valence-electron chi connectivity index (χ0n) is 12.5. The van der Waals surface area contributed by atoms with E-state index in [-0.39, 0.29) is 0 Å². The number of piperazine rings is 1. The fraction of sp³-hybridized carbons (Fsp3) is 0.625. The lowest BCUT2D eigenvalue weighted by Crippen LogP contribution is -2.49. The summed E-state index contributed by atoms with van der Waals surface area (Å²) in [6, 6.07) is 7.34. The zero-order valence-corrected chi connectivity index (χ0v) is 12.5. The molecule has 1 heterocycles. The number of nitrogens with zero attached hydrogens (tertiary/aromatic N) is 1. The number of rotatable bonds is 5. The molecule has 0 bridgehead atoms. The average Bonchev–Trinajstić information content (AvgIpc) is 2.37. The largest absolute Gasteiger partial charge is 0.313 e. The van der Waals surface area contributed by atoms with Crippen LogP contribution in [0.2, 0.25) is 0 Å². The van der Waals surface area contributed by atoms with Crippen molar-refractivity contribution < 1.29 is 0 Å². The SMILES string of the molecule is Cc1ccc(CNCCC2CN(C)CCN2)c(C)c1. The van der Waals surface area contributed by atoms with Crippen LogP contribution in [-0.2, 0) is 6.54 Å². The lowest BCUT2D eigenvalue weighted by atomic mass is 10.1. The smallest absolute Gasteiger partial charge is 0.0208 e. The van der Waals surface area contributed by atoms with Crippen molar-refractivity contribution in [3.63, 3.8) is 0 Å². The average molecular weight is 261 g/mol. The summed E-state index contributed by atoms with van der Waals surface area (Å²) in [6.07, 6.45) is 1.20. The Morgan fingerprint density at radius 1 is 1.37 bits per heavy atom. The van der Waals surface area contributed by atoms with E-state index in [0.29, 0.717) is 6.04 Å². The van der Waals surface area contributed by atoms with Gasteiger partial charge in [-0.2, -0.15) is 0 Å². The van der Waals surface area contributed by atoms with Crippen LogP contribution in [0.15, 0.2) is 18.2 Å². The van der Waals surface area contributed by atoms with E-state index in [0.717, 1.165) is 19.6 Å². The maximum absolute atomic E-state index is 3.59. The van der Waals surface area contributed by atoms with Gasteiger partial charge in [-0.3, -0.25) is 0 Å². The van der Waals surface area contributed by atoms with Crippen molar-refractivity contribution in [3.8, 4) is 0 Å². The van der Waals surface area contributed by atoms with Crippen LogP contribution in [0, 0.1) is 13.8 Å². The van der Waals surface area contributed by atoms with Crippen LogP contribution in [0.4, 0.5) is 0 Å². The highest BCUT2D eigenvalue weighted by Crippen LogP contribution is 2.10. The van der Waals surface area contributed by atoms with Crippen LogP contribution in [0.1, 0.15) is 23.1 Å². The predicted octanol–water partition coefficient (Wildman–Crippen LogP) is 1.69. The molecule has 0 aliphatic carbocycles. The van der Waals surface area contributed by atoms with Gasteiger partial charge in [0.05, 0.1) is 0 Å². The maximum Gasteiger partial charge on any atom is 0.0208 e. The molecule has 1 aliphatic heterocycles. The van der Waals surface area contributed by atoms with Crippen molar-refractivity contribution in [2.75, 3.05) is 33.2 Å². The monoisotopic (exact) mass is 261 g/mol. The number of benzene rings is 1. The molecule has 1 atom stereocenters. The molecule has 1 aliphatic rings. The highest BCUT2D eigenvalue weighted by Gasteiger charge is 2.15. The second-order valence-electron chi connectivity index (χ2n) is 5.81. The molecule has 2 N–H and O–H groups in total. The van der Waals surface area contributed by atoms with Crippen LogP contribution in [0.3, 0.4) is 0 Å². The fourth-order valence-corrected chi connectivity index (χ4v) is 2.73. The van der Waals surface area contributed by atoms with Gasteiger partial charge in [0, 0.05) is 32.2 Å². The van der Waals surface area contributed by atoms with Crippen LogP contribution in [0.25, 0.3) is 0 Å². The molecule has 19 heavy (non-hydrogen) atoms. The number of likely N-dealkylation sites (N-methyl/N-ethyl adjacent to an activating group) is 1. The molecule has 3 nitrogen and oxygen atoms in total. The molecule has 1 aromatic rings. The first-order chi connectivity index (χ1) is 9.15. The molecule has 1 saturated heterocycles. The van der Waals surface area contributed by atoms with Crippen LogP contribution in [0.5, 0.6) is 0 Å². The third kappa shape index (κ3) is 4.60. The van der Waals surface area contributed by atoms with Crippen molar-refractivity contribution >= 4 is 0 Å². The number of hydrogen-bond donors (Lipinski definition) is 2. The first-order valence-electron chi connectivity index (χ1n) is 7.34. The van der Waals surface area contributed by atoms with Gasteiger partial charge in [0.25, 0.3) is 0 Å². The van der Waals surface area contributed by atoms with Crippen molar-refractivity contribution in [1.29, 1.82) is 0 Å². The third-order valence-corrected chi connectivity index (χ3v) is 3.94. The summed E-state index contributed by atoms with van der Waals surface area (Å²) in [5.41, 5.74) is 4.15. The number of aryl methyl sites for hydroxylation is 2. The summed E-state index contributed by atoms with van der Waals surface area (Å²) in [6.45, 7) is 9.88. The molecule has 2 rings (SSSR count). The summed E-state index contributed by atoms with van der Waals surface area (Å²) < 4.78 is 0. The predicted molar refractivity (Wildman–Crippen MR) is 81.5 cm³/mol. The number of hydrogen-bond acceptors (Lipinski definition) is 3. The van der Waals surface area contributed by atoms with Gasteiger partial charge < -0.3 is 15.5 Å². The molecule has 3 heteroatoms. The Bertz CT molecular complexity index is 403. The summed E-state index contributed by atoms with van der Waals surface area (Å²) >= 11 is 0. The number of nitrogens with one attached hydrogen (secondary N) is 2. The minimum absolute atomic E-state index is 0.644. The van der Waals surface area contributed by atoms with Gasteiger partial charge in [-0.25, -0.2) is 0 Å². The Labute approximate surface area is 117 Å². The van der Waals surface area contributed by atoms with E-state index in [1.807, 2.05) is 0 Å². The first-order valence-corrected chi connectivity index (χ1v) is 7.34. The van der Waals surface area contributed by atoms with E-state index in [1.54, 1.807) is 0 Å². The Morgan fingerprint density at radius 2 is 2.21 bits per heavy atom. The zero-order chi connectivity index (χ0) is 13.7. The molecule has 0 amide bonds. The molecule has 0 radical (unpaired) electrons. The summed E-state index contributed by atoms with van der Waals surface area (Å²) in [5.74, 6) is 0. The summed E-state index contributed by atoms with van der Waals surface area (Å²) in [4.78, 5) is 2.41. The van der Waals surface area contributed by atoms with E-state index < -0.39 is 0 Å². The van der Waals surface area contributed by atoms with E-state index in [4.69, 9.17) is 0 Å². The molecular weight excluding hydrogens is 234 g/mol. The first kappa shape index (κ1) is 14.5. The Kier molecular flexibility index (Phi) is 5.37. The van der Waals surface area contributed by atoms with Crippen molar-refractivity contribution in [1.82, 2.24) is 15.5 Å². The van der Waals surface area contributed by atoms with E-state index in [2.05, 4.69) is 54.6 Å². The van der Waals surface area contributed by atoms with Gasteiger partial charge in [-0.1, -0.05) is 23.8 Å². The van der Waals surface area contributed by atoms with Crippen molar-refractivity contribution in [3.05, 3.63) is 34.9 Å². The molecule has 1 fully saturated rings. The van der Waals surface area contributed by atoms with Gasteiger partial charge in [0.2, 0.25) is 0 Å². The van der Waals surface area contributed by atoms with Crippen LogP contribution < -0.4 is 10.6 Å². The van der Waals surface area contributed by atoms with E-state index in [1.165, 1.54) is 36.2 Å². The molecule has 0 saturated carbocycles. The fourth-order valence-electron chi connectivity index (χ4n) is 2.73. The minimum atomic E-state index is 0.644. The normalized spacial score (nSPS) is 20.7. The highest BCUT2D eigenvalue weighted by atomic mass is 15.2. The standard InChI is InChI=1S/C16H27N3/c1-13-4-5-15(14(2)10-13)11-17-7-6-16-12-19(3)9-8-18-16/h4-5,10,16-18H,6-9,11-12H2,1-3H3. The minimum Gasteiger partial charge on any atom is -0.313 e. The van der Waals surface area contributed by atoms with Gasteiger partial charge in [-0.15, -0.1) is 0 Å². The lowest BCUT2D eigenvalue weighted by molar-refractivity contribution is 0.231. The molecule has 0 aromatic heterocycles. The highest BCUT2D eigenvalue weighted by molar-refractivity contribution is 5.30. The molecular formula is C16H27N3. The Morgan fingerprint density at radius 3 is 2.95 bits per heavy atom. The van der Waals surface area contributed by atoms with Crippen molar-refractivity contribution in [2.45, 2.75) is 32.9 Å². The summed E-state index contributed by atoms with van der Waals surface area (Å²) in [7, 11) is 2.21. The van der Waals surface area contributed by atoms with Crippen molar-refractivity contribution in [2.24, 2.45) is 0 Å². The topological polar surface area (TPSA) is 27.3 Å². The molecule has 106 valence electrons. The van der Waals surface area contributed by atoms with Gasteiger partial charge in [0.15, 0.2) is 0 Å². The Hall–Kier alpha value is -0.900. The van der Waals surface area contributed by atoms with Crippen LogP contribution in [-0.4, -0.2) is 44.2 Å².